The second-order valence-electron chi connectivity index (χ2n) is 5.76. The summed E-state index contributed by atoms with van der Waals surface area (Å²) in [5.74, 6) is 1.93. The maximum atomic E-state index is 9.36. The van der Waals surface area contributed by atoms with Crippen molar-refractivity contribution in [2.75, 3.05) is 55.4 Å². The van der Waals surface area contributed by atoms with Crippen molar-refractivity contribution in [3.8, 4) is 0 Å². The van der Waals surface area contributed by atoms with Gasteiger partial charge in [0.1, 0.15) is 0 Å². The van der Waals surface area contributed by atoms with Gasteiger partial charge in [-0.05, 0) is 18.8 Å². The third-order valence-electron chi connectivity index (χ3n) is 4.01. The minimum Gasteiger partial charge on any atom is -0.393 e. The van der Waals surface area contributed by atoms with E-state index in [0.29, 0.717) is 31.0 Å². The average molecular weight is 294 g/mol. The molecule has 2 fully saturated rings. The lowest BCUT2D eigenvalue weighted by Crippen LogP contribution is -2.39. The van der Waals surface area contributed by atoms with E-state index in [1.165, 1.54) is 0 Å². The number of aliphatic hydroxyl groups excluding tert-OH is 1. The number of aliphatic hydroxyl groups is 1. The Morgan fingerprint density at radius 1 is 1.29 bits per heavy atom. The van der Waals surface area contributed by atoms with Crippen LogP contribution in [0.5, 0.6) is 0 Å². The van der Waals surface area contributed by atoms with Gasteiger partial charge in [-0.3, -0.25) is 0 Å². The van der Waals surface area contributed by atoms with Crippen LogP contribution in [0.15, 0.2) is 0 Å². The molecule has 116 valence electrons. The third-order valence-corrected chi connectivity index (χ3v) is 4.01. The molecule has 1 saturated heterocycles. The van der Waals surface area contributed by atoms with Gasteiger partial charge in [0, 0.05) is 26.7 Å². The van der Waals surface area contributed by atoms with Crippen molar-refractivity contribution < 1.29 is 9.84 Å². The van der Waals surface area contributed by atoms with Crippen LogP contribution in [-0.4, -0.2) is 66.1 Å². The highest BCUT2D eigenvalue weighted by atomic mass is 16.5. The number of aromatic nitrogens is 3. The molecule has 8 nitrogen and oxygen atoms in total. The van der Waals surface area contributed by atoms with Crippen LogP contribution in [0.25, 0.3) is 0 Å². The van der Waals surface area contributed by atoms with Crippen molar-refractivity contribution >= 4 is 17.8 Å². The van der Waals surface area contributed by atoms with Crippen LogP contribution in [0.4, 0.5) is 17.8 Å². The number of ether oxygens (including phenoxy) is 1. The van der Waals surface area contributed by atoms with Crippen LogP contribution in [0.1, 0.15) is 12.8 Å². The summed E-state index contributed by atoms with van der Waals surface area (Å²) in [4.78, 5) is 17.0. The zero-order valence-electron chi connectivity index (χ0n) is 12.3. The highest BCUT2D eigenvalue weighted by Gasteiger charge is 2.29. The van der Waals surface area contributed by atoms with Crippen LogP contribution >= 0.6 is 0 Å². The molecule has 2 aliphatic rings. The predicted octanol–water partition coefficient (Wildman–Crippen LogP) is -0.502. The second-order valence-corrected chi connectivity index (χ2v) is 5.76. The van der Waals surface area contributed by atoms with Gasteiger partial charge < -0.3 is 25.4 Å². The van der Waals surface area contributed by atoms with E-state index < -0.39 is 0 Å². The molecule has 1 aromatic rings. The van der Waals surface area contributed by atoms with Crippen LogP contribution in [-0.2, 0) is 4.74 Å². The van der Waals surface area contributed by atoms with Gasteiger partial charge in [-0.2, -0.15) is 15.0 Å². The number of anilines is 3. The first kappa shape index (κ1) is 14.3. The van der Waals surface area contributed by atoms with Crippen LogP contribution < -0.4 is 15.5 Å². The molecule has 1 saturated carbocycles. The predicted molar refractivity (Wildman–Crippen MR) is 79.3 cm³/mol. The molecule has 0 radical (unpaired) electrons. The van der Waals surface area contributed by atoms with E-state index in [0.717, 1.165) is 32.5 Å². The van der Waals surface area contributed by atoms with E-state index in [4.69, 9.17) is 10.5 Å². The molecular weight excluding hydrogens is 272 g/mol. The van der Waals surface area contributed by atoms with Crippen LogP contribution in [0.3, 0.4) is 0 Å². The summed E-state index contributed by atoms with van der Waals surface area (Å²) < 4.78 is 5.34. The van der Waals surface area contributed by atoms with Gasteiger partial charge in [0.05, 0.1) is 19.3 Å². The molecule has 0 aromatic carbocycles. The molecule has 1 aromatic heterocycles. The van der Waals surface area contributed by atoms with Crippen molar-refractivity contribution in [3.63, 3.8) is 0 Å². The third kappa shape index (κ3) is 3.33. The largest absolute Gasteiger partial charge is 0.393 e. The van der Waals surface area contributed by atoms with E-state index in [1.807, 2.05) is 11.9 Å². The Kier molecular flexibility index (Phi) is 4.07. The lowest BCUT2D eigenvalue weighted by Gasteiger charge is -2.34. The van der Waals surface area contributed by atoms with Gasteiger partial charge in [-0.25, -0.2) is 0 Å². The fourth-order valence-electron chi connectivity index (χ4n) is 2.76. The second kappa shape index (κ2) is 5.98. The first-order chi connectivity index (χ1) is 10.1. The normalized spacial score (nSPS) is 25.5. The Morgan fingerprint density at radius 2 is 2.00 bits per heavy atom. The minimum absolute atomic E-state index is 0.143. The van der Waals surface area contributed by atoms with E-state index >= 15 is 0 Å². The average Bonchev–Trinajstić information content (AvgIpc) is 2.46. The molecule has 0 amide bonds. The number of morpholine rings is 1. The lowest BCUT2D eigenvalue weighted by molar-refractivity contribution is 0.0463. The van der Waals surface area contributed by atoms with Gasteiger partial charge in [0.2, 0.25) is 17.8 Å². The Balaban J connectivity index is 1.70. The fourth-order valence-corrected chi connectivity index (χ4v) is 2.76. The molecule has 0 spiro atoms. The zero-order valence-corrected chi connectivity index (χ0v) is 12.3. The summed E-state index contributed by atoms with van der Waals surface area (Å²) in [6.45, 7) is 3.71. The molecular formula is C13H22N6O2. The molecule has 2 heterocycles. The van der Waals surface area contributed by atoms with E-state index in [-0.39, 0.29) is 12.1 Å². The highest BCUT2D eigenvalue weighted by Crippen LogP contribution is 2.28. The molecule has 0 unspecified atom stereocenters. The summed E-state index contributed by atoms with van der Waals surface area (Å²) >= 11 is 0. The maximum absolute atomic E-state index is 9.36. The molecule has 0 atom stereocenters. The quantitative estimate of drug-likeness (QED) is 0.766. The fraction of sp³-hybridized carbons (Fsp3) is 0.769. The maximum Gasteiger partial charge on any atom is 0.232 e. The van der Waals surface area contributed by atoms with Gasteiger partial charge >= 0.3 is 0 Å². The van der Waals surface area contributed by atoms with Crippen molar-refractivity contribution in [2.45, 2.75) is 18.9 Å². The lowest BCUT2D eigenvalue weighted by atomic mass is 9.82. The topological polar surface area (TPSA) is 101 Å². The Morgan fingerprint density at radius 3 is 2.67 bits per heavy atom. The summed E-state index contributed by atoms with van der Waals surface area (Å²) in [6.07, 6.45) is 1.55. The standard InChI is InChI=1S/C13H22N6O2/c1-18(8-9-6-10(20)7-9)12-15-11(14)16-13(17-12)19-2-4-21-5-3-19/h9-10,20H,2-8H2,1H3,(H2,14,15,16,17). The zero-order chi connectivity index (χ0) is 14.8. The number of nitrogens with two attached hydrogens (primary N) is 1. The molecule has 3 rings (SSSR count). The Labute approximate surface area is 123 Å². The Bertz CT molecular complexity index is 488. The molecule has 3 N–H and O–H groups in total. The van der Waals surface area contributed by atoms with Gasteiger partial charge in [-0.15, -0.1) is 0 Å². The van der Waals surface area contributed by atoms with Crippen LogP contribution in [0.2, 0.25) is 0 Å². The van der Waals surface area contributed by atoms with Gasteiger partial charge in [0.15, 0.2) is 0 Å². The Hall–Kier alpha value is -1.67. The summed E-state index contributed by atoms with van der Waals surface area (Å²) in [6, 6.07) is 0. The first-order valence-corrected chi connectivity index (χ1v) is 7.35. The number of rotatable bonds is 4. The molecule has 0 bridgehead atoms. The van der Waals surface area contributed by atoms with E-state index in [2.05, 4.69) is 19.9 Å². The van der Waals surface area contributed by atoms with E-state index in [1.54, 1.807) is 0 Å². The van der Waals surface area contributed by atoms with Crippen molar-refractivity contribution in [3.05, 3.63) is 0 Å². The highest BCUT2D eigenvalue weighted by molar-refractivity contribution is 5.43. The SMILES string of the molecule is CN(CC1CC(O)C1)c1nc(N)nc(N2CCOCC2)n1. The number of hydrogen-bond donors (Lipinski definition) is 2. The molecule has 21 heavy (non-hydrogen) atoms. The molecule has 1 aliphatic carbocycles. The molecule has 1 aliphatic heterocycles. The minimum atomic E-state index is -0.143. The summed E-state index contributed by atoms with van der Waals surface area (Å²) in [7, 11) is 1.95. The molecule has 8 heteroatoms. The monoisotopic (exact) mass is 294 g/mol. The number of hydrogen-bond acceptors (Lipinski definition) is 8. The summed E-state index contributed by atoms with van der Waals surface area (Å²) in [5.41, 5.74) is 5.82. The number of nitrogens with zero attached hydrogens (tertiary/aromatic N) is 5. The summed E-state index contributed by atoms with van der Waals surface area (Å²) in [5, 5.41) is 9.36. The van der Waals surface area contributed by atoms with Crippen LogP contribution in [0, 0.1) is 5.92 Å². The van der Waals surface area contributed by atoms with Gasteiger partial charge in [-0.1, -0.05) is 0 Å². The van der Waals surface area contributed by atoms with Crippen molar-refractivity contribution in [1.82, 2.24) is 15.0 Å². The number of nitrogen functional groups attached to an aromatic ring is 1. The first-order valence-electron chi connectivity index (χ1n) is 7.35. The van der Waals surface area contributed by atoms with Crippen molar-refractivity contribution in [2.24, 2.45) is 5.92 Å². The van der Waals surface area contributed by atoms with Gasteiger partial charge in [0.25, 0.3) is 0 Å². The van der Waals surface area contributed by atoms with E-state index in [9.17, 15) is 5.11 Å². The smallest absolute Gasteiger partial charge is 0.232 e. The van der Waals surface area contributed by atoms with Crippen molar-refractivity contribution in [1.29, 1.82) is 0 Å².